The Morgan fingerprint density at radius 2 is 2.00 bits per heavy atom. The van der Waals surface area contributed by atoms with Crippen molar-refractivity contribution in [3.63, 3.8) is 0 Å². The molecule has 0 heterocycles. The lowest BCUT2D eigenvalue weighted by Crippen LogP contribution is -2.28. The molecule has 120 valence electrons. The van der Waals surface area contributed by atoms with Crippen molar-refractivity contribution in [2.24, 2.45) is 11.3 Å². The fourth-order valence-electron chi connectivity index (χ4n) is 4.38. The van der Waals surface area contributed by atoms with E-state index in [1.54, 1.807) is 18.3 Å². The molecule has 0 aromatic heterocycles. The van der Waals surface area contributed by atoms with E-state index in [2.05, 4.69) is 13.8 Å². The van der Waals surface area contributed by atoms with E-state index in [-0.39, 0.29) is 0 Å². The zero-order valence-electron chi connectivity index (χ0n) is 14.1. The van der Waals surface area contributed by atoms with Crippen LogP contribution in [0.4, 0.5) is 0 Å². The minimum atomic E-state index is -0.428. The Balaban J connectivity index is 1.84. The predicted molar refractivity (Wildman–Crippen MR) is 90.0 cm³/mol. The third-order valence-corrected chi connectivity index (χ3v) is 5.71. The molecule has 1 aromatic carbocycles. The topological polar surface area (TPSA) is 29.5 Å². The van der Waals surface area contributed by atoms with Crippen molar-refractivity contribution < 1.29 is 9.84 Å². The number of hydrogen-bond acceptors (Lipinski definition) is 2. The zero-order chi connectivity index (χ0) is 15.7. The van der Waals surface area contributed by atoms with Crippen LogP contribution in [0.5, 0.6) is 5.75 Å². The lowest BCUT2D eigenvalue weighted by molar-refractivity contribution is 0.0904. The van der Waals surface area contributed by atoms with Crippen molar-refractivity contribution in [2.75, 3.05) is 7.11 Å². The van der Waals surface area contributed by atoms with Crippen LogP contribution in [-0.4, -0.2) is 12.2 Å². The van der Waals surface area contributed by atoms with Crippen LogP contribution >= 0.6 is 0 Å². The Kier molecular flexibility index (Phi) is 4.31. The molecule has 2 aliphatic carbocycles. The number of allylic oxidation sites excluding steroid dienone is 2. The van der Waals surface area contributed by atoms with Crippen LogP contribution in [-0.2, 0) is 0 Å². The molecular formula is C20H28O2. The number of para-hydroxylation sites is 1. The van der Waals surface area contributed by atoms with Crippen LogP contribution in [0.3, 0.4) is 0 Å². The molecule has 1 N–H and O–H groups in total. The Bertz CT molecular complexity index is 571. The first kappa shape index (κ1) is 15.6. The summed E-state index contributed by atoms with van der Waals surface area (Å²) in [6, 6.07) is 7.88. The second-order valence-corrected chi connectivity index (χ2v) is 7.51. The number of aliphatic hydroxyl groups excluding tert-OH is 1. The third kappa shape index (κ3) is 2.81. The van der Waals surface area contributed by atoms with Crippen LogP contribution in [0, 0.1) is 11.3 Å². The van der Waals surface area contributed by atoms with E-state index in [9.17, 15) is 5.11 Å². The van der Waals surface area contributed by atoms with Gasteiger partial charge in [-0.1, -0.05) is 43.2 Å². The van der Waals surface area contributed by atoms with E-state index < -0.39 is 6.10 Å². The van der Waals surface area contributed by atoms with Crippen molar-refractivity contribution in [1.82, 2.24) is 0 Å². The van der Waals surface area contributed by atoms with Crippen molar-refractivity contribution >= 4 is 0 Å². The second kappa shape index (κ2) is 6.08. The van der Waals surface area contributed by atoms with E-state index in [4.69, 9.17) is 4.74 Å². The minimum absolute atomic E-state index is 0.312. The summed E-state index contributed by atoms with van der Waals surface area (Å²) in [4.78, 5) is 0. The van der Waals surface area contributed by atoms with Gasteiger partial charge in [0.15, 0.2) is 0 Å². The molecule has 0 saturated heterocycles. The molecule has 0 bridgehead atoms. The van der Waals surface area contributed by atoms with Crippen molar-refractivity contribution in [3.8, 4) is 5.75 Å². The Morgan fingerprint density at radius 1 is 1.23 bits per heavy atom. The average molecular weight is 300 g/mol. The molecule has 2 heteroatoms. The van der Waals surface area contributed by atoms with Gasteiger partial charge in [0, 0.05) is 5.56 Å². The smallest absolute Gasteiger partial charge is 0.124 e. The standard InChI is InChI=1S/C20H28O2/c1-20(2)12-6-7-14-10-11-15(13-17(14)20)19(21)16-8-4-5-9-18(16)22-3/h4-5,8-9,15,19,21H,6-7,10-13H2,1-3H3. The highest BCUT2D eigenvalue weighted by Crippen LogP contribution is 2.50. The van der Waals surface area contributed by atoms with Gasteiger partial charge in [-0.3, -0.25) is 0 Å². The van der Waals surface area contributed by atoms with Crippen molar-refractivity contribution in [2.45, 2.75) is 58.5 Å². The van der Waals surface area contributed by atoms with Gasteiger partial charge in [-0.05, 0) is 55.9 Å². The molecule has 0 radical (unpaired) electrons. The van der Waals surface area contributed by atoms with Crippen LogP contribution in [0.15, 0.2) is 35.4 Å². The van der Waals surface area contributed by atoms with Crippen LogP contribution in [0.25, 0.3) is 0 Å². The first-order valence-corrected chi connectivity index (χ1v) is 8.55. The monoisotopic (exact) mass is 300 g/mol. The van der Waals surface area contributed by atoms with E-state index in [0.717, 1.165) is 30.6 Å². The normalized spacial score (nSPS) is 25.5. The van der Waals surface area contributed by atoms with Crippen LogP contribution < -0.4 is 4.74 Å². The van der Waals surface area contributed by atoms with E-state index in [0.29, 0.717) is 11.3 Å². The van der Waals surface area contributed by atoms with Gasteiger partial charge in [0.25, 0.3) is 0 Å². The Morgan fingerprint density at radius 3 is 2.77 bits per heavy atom. The lowest BCUT2D eigenvalue weighted by Gasteiger charge is -2.41. The van der Waals surface area contributed by atoms with Gasteiger partial charge in [-0.15, -0.1) is 0 Å². The third-order valence-electron chi connectivity index (χ3n) is 5.71. The SMILES string of the molecule is COc1ccccc1C(O)C1CCC2=C(C1)C(C)(C)CCC2. The van der Waals surface area contributed by atoms with Gasteiger partial charge in [-0.2, -0.15) is 0 Å². The largest absolute Gasteiger partial charge is 0.496 e. The average Bonchev–Trinajstić information content (AvgIpc) is 2.53. The Hall–Kier alpha value is -1.28. The maximum Gasteiger partial charge on any atom is 0.124 e. The lowest BCUT2D eigenvalue weighted by atomic mass is 9.64. The summed E-state index contributed by atoms with van der Waals surface area (Å²) in [6.07, 6.45) is 6.75. The van der Waals surface area contributed by atoms with E-state index >= 15 is 0 Å². The highest BCUT2D eigenvalue weighted by molar-refractivity contribution is 5.36. The number of benzene rings is 1. The molecule has 0 fully saturated rings. The van der Waals surface area contributed by atoms with Gasteiger partial charge < -0.3 is 9.84 Å². The fourth-order valence-corrected chi connectivity index (χ4v) is 4.38. The number of ether oxygens (including phenoxy) is 1. The summed E-state index contributed by atoms with van der Waals surface area (Å²) in [5, 5.41) is 10.9. The summed E-state index contributed by atoms with van der Waals surface area (Å²) in [6.45, 7) is 4.75. The predicted octanol–water partition coefficient (Wildman–Crippen LogP) is 5.04. The van der Waals surface area contributed by atoms with Crippen molar-refractivity contribution in [1.29, 1.82) is 0 Å². The maximum atomic E-state index is 10.9. The first-order valence-electron chi connectivity index (χ1n) is 8.55. The molecule has 1 aromatic rings. The number of methoxy groups -OCH3 is 1. The summed E-state index contributed by atoms with van der Waals surface area (Å²) in [5.41, 5.74) is 4.56. The fraction of sp³-hybridized carbons (Fsp3) is 0.600. The highest BCUT2D eigenvalue weighted by atomic mass is 16.5. The quantitative estimate of drug-likeness (QED) is 0.793. The molecule has 3 rings (SSSR count). The van der Waals surface area contributed by atoms with Crippen LogP contribution in [0.1, 0.15) is 64.0 Å². The molecule has 2 aliphatic rings. The van der Waals surface area contributed by atoms with Gasteiger partial charge in [-0.25, -0.2) is 0 Å². The van der Waals surface area contributed by atoms with E-state index in [1.807, 2.05) is 24.3 Å². The molecular weight excluding hydrogens is 272 g/mol. The molecule has 2 nitrogen and oxygen atoms in total. The molecule has 0 saturated carbocycles. The summed E-state index contributed by atoms with van der Waals surface area (Å²) in [5.74, 6) is 1.12. The summed E-state index contributed by atoms with van der Waals surface area (Å²) in [7, 11) is 1.68. The highest BCUT2D eigenvalue weighted by Gasteiger charge is 2.36. The maximum absolute atomic E-state index is 10.9. The van der Waals surface area contributed by atoms with Gasteiger partial charge in [0.2, 0.25) is 0 Å². The van der Waals surface area contributed by atoms with Gasteiger partial charge >= 0.3 is 0 Å². The number of aliphatic hydroxyl groups is 1. The molecule has 2 unspecified atom stereocenters. The number of hydrogen-bond donors (Lipinski definition) is 1. The van der Waals surface area contributed by atoms with Gasteiger partial charge in [0.05, 0.1) is 13.2 Å². The molecule has 22 heavy (non-hydrogen) atoms. The second-order valence-electron chi connectivity index (χ2n) is 7.51. The zero-order valence-corrected chi connectivity index (χ0v) is 14.1. The Labute approximate surface area is 134 Å². The summed E-state index contributed by atoms with van der Waals surface area (Å²) < 4.78 is 5.43. The first-order chi connectivity index (χ1) is 10.5. The van der Waals surface area contributed by atoms with Gasteiger partial charge in [0.1, 0.15) is 5.75 Å². The van der Waals surface area contributed by atoms with Crippen LogP contribution in [0.2, 0.25) is 0 Å². The summed E-state index contributed by atoms with van der Waals surface area (Å²) >= 11 is 0. The van der Waals surface area contributed by atoms with Crippen molar-refractivity contribution in [3.05, 3.63) is 41.0 Å². The number of rotatable bonds is 3. The molecule has 0 aliphatic heterocycles. The molecule has 0 spiro atoms. The molecule has 0 amide bonds. The van der Waals surface area contributed by atoms with E-state index in [1.165, 1.54) is 19.3 Å². The minimum Gasteiger partial charge on any atom is -0.496 e. The molecule has 2 atom stereocenters.